The van der Waals surface area contributed by atoms with Crippen LogP contribution in [0.4, 0.5) is 0 Å². The van der Waals surface area contributed by atoms with Crippen molar-refractivity contribution in [3.05, 3.63) is 48.5 Å². The van der Waals surface area contributed by atoms with Crippen molar-refractivity contribution in [3.63, 3.8) is 0 Å². The number of hydrogen-bond acceptors (Lipinski definition) is 1. The summed E-state index contributed by atoms with van der Waals surface area (Å²) in [6, 6.07) is 17.0. The van der Waals surface area contributed by atoms with E-state index in [1.807, 2.05) is 27.7 Å². The normalized spacial score (nSPS) is 9.43. The second-order valence-electron chi connectivity index (χ2n) is 4.99. The quantitative estimate of drug-likeness (QED) is 0.538. The highest BCUT2D eigenvalue weighted by Crippen LogP contribution is 2.26. The van der Waals surface area contributed by atoms with Gasteiger partial charge in [0.1, 0.15) is 0 Å². The van der Waals surface area contributed by atoms with E-state index in [-0.39, 0.29) is 0 Å². The molecule has 0 N–H and O–H groups in total. The molecule has 0 atom stereocenters. The molecule has 3 rings (SSSR count). The van der Waals surface area contributed by atoms with Crippen molar-refractivity contribution in [3.8, 4) is 0 Å². The first kappa shape index (κ1) is 21.2. The summed E-state index contributed by atoms with van der Waals surface area (Å²) >= 11 is 0. The SMILES string of the molecule is CC.CC.CCN(C)C.Cn1c2ccccc2c2ccccc21. The molecule has 0 amide bonds. The van der Waals surface area contributed by atoms with Crippen LogP contribution < -0.4 is 0 Å². The largest absolute Gasteiger partial charge is 0.344 e. The maximum atomic E-state index is 2.24. The molecule has 0 aliphatic rings. The molecule has 2 nitrogen and oxygen atoms in total. The van der Waals surface area contributed by atoms with Gasteiger partial charge in [-0.15, -0.1) is 0 Å². The minimum atomic E-state index is 1.14. The van der Waals surface area contributed by atoms with Crippen LogP contribution in [0.15, 0.2) is 48.5 Å². The highest BCUT2D eigenvalue weighted by atomic mass is 15.0. The third kappa shape index (κ3) is 5.72. The lowest BCUT2D eigenvalue weighted by Gasteiger charge is -2.00. The molecule has 2 heteroatoms. The van der Waals surface area contributed by atoms with Crippen LogP contribution in [0, 0.1) is 0 Å². The second kappa shape index (κ2) is 11.7. The van der Waals surface area contributed by atoms with Gasteiger partial charge in [-0.1, -0.05) is 71.0 Å². The van der Waals surface area contributed by atoms with Gasteiger partial charge in [-0.3, -0.25) is 0 Å². The maximum absolute atomic E-state index is 2.24. The molecule has 3 aromatic rings. The number of fused-ring (bicyclic) bond motifs is 3. The van der Waals surface area contributed by atoms with Crippen molar-refractivity contribution in [2.75, 3.05) is 20.6 Å². The Hall–Kier alpha value is -1.80. The summed E-state index contributed by atoms with van der Waals surface area (Å²) in [4.78, 5) is 2.12. The van der Waals surface area contributed by atoms with Crippen LogP contribution in [0.25, 0.3) is 21.8 Å². The van der Waals surface area contributed by atoms with E-state index < -0.39 is 0 Å². The summed E-state index contributed by atoms with van der Waals surface area (Å²) in [6.07, 6.45) is 0. The van der Waals surface area contributed by atoms with Gasteiger partial charge in [0.15, 0.2) is 0 Å². The standard InChI is InChI=1S/C13H11N.C4H11N.2C2H6/c1-14-12-8-4-2-6-10(12)11-7-3-5-9-13(11)14;1-4-5(2)3;2*1-2/h2-9H,1H3;4H2,1-3H3;2*1-2H3. The zero-order chi connectivity index (χ0) is 17.8. The molecule has 1 aromatic heterocycles. The van der Waals surface area contributed by atoms with E-state index in [9.17, 15) is 0 Å². The highest BCUT2D eigenvalue weighted by molar-refractivity contribution is 6.07. The second-order valence-corrected chi connectivity index (χ2v) is 4.99. The molecule has 1 heterocycles. The van der Waals surface area contributed by atoms with Crippen LogP contribution >= 0.6 is 0 Å². The van der Waals surface area contributed by atoms with Crippen molar-refractivity contribution in [2.24, 2.45) is 7.05 Å². The lowest BCUT2D eigenvalue weighted by atomic mass is 10.2. The zero-order valence-corrected chi connectivity index (χ0v) is 16.2. The fraction of sp³-hybridized carbons (Fsp3) is 0.429. The van der Waals surface area contributed by atoms with E-state index in [1.165, 1.54) is 21.8 Å². The Balaban J connectivity index is 0.000000461. The summed E-state index contributed by atoms with van der Waals surface area (Å²) in [5, 5.41) is 2.68. The molecule has 2 aromatic carbocycles. The molecular weight excluding hydrogens is 280 g/mol. The summed E-state index contributed by atoms with van der Waals surface area (Å²) in [5.41, 5.74) is 2.60. The Kier molecular flexibility index (Phi) is 10.8. The minimum absolute atomic E-state index is 1.14. The smallest absolute Gasteiger partial charge is 0.0488 e. The first-order chi connectivity index (χ1) is 11.1. The highest BCUT2D eigenvalue weighted by Gasteiger charge is 2.04. The number of benzene rings is 2. The van der Waals surface area contributed by atoms with Gasteiger partial charge in [-0.2, -0.15) is 0 Å². The Bertz CT molecular complexity index is 612. The predicted octanol–water partition coefficient (Wildman–Crippen LogP) is 5.95. The molecule has 23 heavy (non-hydrogen) atoms. The van der Waals surface area contributed by atoms with Gasteiger partial charge >= 0.3 is 0 Å². The molecule has 0 fully saturated rings. The first-order valence-corrected chi connectivity index (χ1v) is 8.72. The molecule has 0 aliphatic carbocycles. The molecule has 0 saturated carbocycles. The number of aryl methyl sites for hydroxylation is 1. The predicted molar refractivity (Wildman–Crippen MR) is 107 cm³/mol. The van der Waals surface area contributed by atoms with Crippen LogP contribution in [-0.4, -0.2) is 30.1 Å². The molecule has 0 saturated heterocycles. The zero-order valence-electron chi connectivity index (χ0n) is 16.2. The lowest BCUT2D eigenvalue weighted by molar-refractivity contribution is 0.434. The number of para-hydroxylation sites is 2. The van der Waals surface area contributed by atoms with Crippen LogP contribution in [0.3, 0.4) is 0 Å². The summed E-state index contributed by atoms with van der Waals surface area (Å²) < 4.78 is 2.24. The van der Waals surface area contributed by atoms with E-state index in [1.54, 1.807) is 0 Å². The molecule has 0 radical (unpaired) electrons. The van der Waals surface area contributed by atoms with Gasteiger partial charge in [0.25, 0.3) is 0 Å². The van der Waals surface area contributed by atoms with E-state index in [0.29, 0.717) is 0 Å². The van der Waals surface area contributed by atoms with Crippen molar-refractivity contribution in [1.82, 2.24) is 9.47 Å². The summed E-state index contributed by atoms with van der Waals surface area (Å²) in [7, 11) is 6.23. The van der Waals surface area contributed by atoms with E-state index >= 15 is 0 Å². The topological polar surface area (TPSA) is 8.17 Å². The minimum Gasteiger partial charge on any atom is -0.344 e. The molecule has 0 aliphatic heterocycles. The fourth-order valence-electron chi connectivity index (χ4n) is 2.12. The van der Waals surface area contributed by atoms with Gasteiger partial charge < -0.3 is 9.47 Å². The van der Waals surface area contributed by atoms with Gasteiger partial charge in [-0.25, -0.2) is 0 Å². The monoisotopic (exact) mass is 314 g/mol. The van der Waals surface area contributed by atoms with Crippen LogP contribution in [0.5, 0.6) is 0 Å². The molecule has 128 valence electrons. The van der Waals surface area contributed by atoms with Crippen LogP contribution in [0.2, 0.25) is 0 Å². The third-order valence-electron chi connectivity index (χ3n) is 3.45. The average Bonchev–Trinajstić information content (AvgIpc) is 2.93. The first-order valence-electron chi connectivity index (χ1n) is 8.72. The van der Waals surface area contributed by atoms with Gasteiger partial charge in [0.2, 0.25) is 0 Å². The molecule has 0 spiro atoms. The number of rotatable bonds is 1. The number of aromatic nitrogens is 1. The van der Waals surface area contributed by atoms with Gasteiger partial charge in [0, 0.05) is 28.9 Å². The molecular formula is C21H34N2. The lowest BCUT2D eigenvalue weighted by Crippen LogP contribution is -2.08. The molecule has 0 bridgehead atoms. The van der Waals surface area contributed by atoms with Crippen molar-refractivity contribution < 1.29 is 0 Å². The number of nitrogens with zero attached hydrogens (tertiary/aromatic N) is 2. The summed E-state index contributed by atoms with van der Waals surface area (Å²) in [5.74, 6) is 0. The van der Waals surface area contributed by atoms with Gasteiger partial charge in [0.05, 0.1) is 0 Å². The van der Waals surface area contributed by atoms with E-state index in [4.69, 9.17) is 0 Å². The summed E-state index contributed by atoms with van der Waals surface area (Å²) in [6.45, 7) is 11.3. The Morgan fingerprint density at radius 1 is 0.739 bits per heavy atom. The fourth-order valence-corrected chi connectivity index (χ4v) is 2.12. The van der Waals surface area contributed by atoms with E-state index in [0.717, 1.165) is 6.54 Å². The van der Waals surface area contributed by atoms with Crippen LogP contribution in [0.1, 0.15) is 34.6 Å². The Labute approximate surface area is 142 Å². The average molecular weight is 315 g/mol. The van der Waals surface area contributed by atoms with Crippen molar-refractivity contribution >= 4 is 21.8 Å². The van der Waals surface area contributed by atoms with Gasteiger partial charge in [-0.05, 0) is 32.8 Å². The Morgan fingerprint density at radius 2 is 1.04 bits per heavy atom. The molecule has 0 unspecified atom stereocenters. The Morgan fingerprint density at radius 3 is 1.35 bits per heavy atom. The van der Waals surface area contributed by atoms with Crippen molar-refractivity contribution in [2.45, 2.75) is 34.6 Å². The third-order valence-corrected chi connectivity index (χ3v) is 3.45. The van der Waals surface area contributed by atoms with Crippen molar-refractivity contribution in [1.29, 1.82) is 0 Å². The van der Waals surface area contributed by atoms with E-state index in [2.05, 4.69) is 86.1 Å². The van der Waals surface area contributed by atoms with Crippen LogP contribution in [-0.2, 0) is 7.05 Å². The number of hydrogen-bond donors (Lipinski definition) is 0. The maximum Gasteiger partial charge on any atom is 0.0488 e.